The van der Waals surface area contributed by atoms with E-state index in [1.165, 1.54) is 55.7 Å². The van der Waals surface area contributed by atoms with E-state index >= 15 is 0 Å². The first kappa shape index (κ1) is 24.0. The summed E-state index contributed by atoms with van der Waals surface area (Å²) in [6.07, 6.45) is 14.8. The highest BCUT2D eigenvalue weighted by atomic mass is 14.3. The molecule has 166 valence electrons. The summed E-state index contributed by atoms with van der Waals surface area (Å²) in [7, 11) is 0. The summed E-state index contributed by atoms with van der Waals surface area (Å²) in [6, 6.07) is 21.5. The third-order valence-electron chi connectivity index (χ3n) is 6.00. The van der Waals surface area contributed by atoms with Gasteiger partial charge in [0, 0.05) is 0 Å². The largest absolute Gasteiger partial charge is 0.0990 e. The van der Waals surface area contributed by atoms with E-state index in [0.29, 0.717) is 0 Å². The van der Waals surface area contributed by atoms with Gasteiger partial charge in [0.05, 0.1) is 0 Å². The zero-order valence-electron chi connectivity index (χ0n) is 20.5. The van der Waals surface area contributed by atoms with E-state index < -0.39 is 0 Å². The third-order valence-corrected chi connectivity index (χ3v) is 6.00. The fraction of sp³-hybridized carbons (Fsp3) is 0.152. The van der Waals surface area contributed by atoms with Gasteiger partial charge in [0.2, 0.25) is 0 Å². The smallest absolute Gasteiger partial charge is 0.00668 e. The second-order valence-corrected chi connectivity index (χ2v) is 8.08. The van der Waals surface area contributed by atoms with Gasteiger partial charge in [0.15, 0.2) is 0 Å². The van der Waals surface area contributed by atoms with Gasteiger partial charge in [0.1, 0.15) is 0 Å². The highest BCUT2D eigenvalue weighted by molar-refractivity contribution is 5.99. The minimum atomic E-state index is 1.17. The van der Waals surface area contributed by atoms with Crippen LogP contribution in [0.3, 0.4) is 0 Å². The Morgan fingerprint density at radius 3 is 1.45 bits per heavy atom. The minimum absolute atomic E-state index is 1.17. The summed E-state index contributed by atoms with van der Waals surface area (Å²) in [5.74, 6) is 0. The SMILES string of the molecule is C=C/C=C(\C=C/C)c1c(C)c(-c2ccccc2)c(-c2ccccc2)c(C)c1C(/C=C\C)=C/C. The van der Waals surface area contributed by atoms with Crippen molar-refractivity contribution in [1.29, 1.82) is 0 Å². The van der Waals surface area contributed by atoms with Crippen molar-refractivity contribution in [3.63, 3.8) is 0 Å². The Labute approximate surface area is 200 Å². The van der Waals surface area contributed by atoms with Crippen molar-refractivity contribution >= 4 is 11.1 Å². The average Bonchev–Trinajstić information content (AvgIpc) is 2.84. The standard InChI is InChI=1S/C33H34/c1-7-17-26(10-4)30-24(5)32(28-20-13-11-14-21-28)33(29-22-15-12-16-23-29)25(6)31(30)27(18-8-2)19-9-3/h7-23H,2H2,1,3-6H3/b17-7-,19-9-,26-10+,27-18+. The van der Waals surface area contributed by atoms with Gasteiger partial charge in [0.25, 0.3) is 0 Å². The van der Waals surface area contributed by atoms with Crippen LogP contribution < -0.4 is 0 Å². The molecule has 0 aliphatic carbocycles. The van der Waals surface area contributed by atoms with E-state index in [9.17, 15) is 0 Å². The minimum Gasteiger partial charge on any atom is -0.0990 e. The number of rotatable bonds is 7. The summed E-state index contributed by atoms with van der Waals surface area (Å²) in [4.78, 5) is 0. The molecule has 0 N–H and O–H groups in total. The van der Waals surface area contributed by atoms with Crippen LogP contribution in [0.4, 0.5) is 0 Å². The van der Waals surface area contributed by atoms with E-state index in [2.05, 4.69) is 138 Å². The molecule has 0 bridgehead atoms. The monoisotopic (exact) mass is 430 g/mol. The van der Waals surface area contributed by atoms with Crippen molar-refractivity contribution in [2.75, 3.05) is 0 Å². The average molecular weight is 431 g/mol. The molecular weight excluding hydrogens is 396 g/mol. The Balaban J connectivity index is 2.62. The summed E-state index contributed by atoms with van der Waals surface area (Å²) in [5, 5.41) is 0. The molecule has 0 fully saturated rings. The molecule has 0 heteroatoms. The Morgan fingerprint density at radius 1 is 0.636 bits per heavy atom. The molecule has 0 amide bonds. The fourth-order valence-corrected chi connectivity index (χ4v) is 4.69. The third kappa shape index (κ3) is 4.91. The summed E-state index contributed by atoms with van der Waals surface area (Å²) < 4.78 is 0. The second-order valence-electron chi connectivity index (χ2n) is 8.08. The van der Waals surface area contributed by atoms with Crippen LogP contribution in [0.1, 0.15) is 43.0 Å². The Morgan fingerprint density at radius 2 is 1.06 bits per heavy atom. The van der Waals surface area contributed by atoms with Crippen LogP contribution in [0.25, 0.3) is 33.4 Å². The van der Waals surface area contributed by atoms with Crippen LogP contribution in [0.2, 0.25) is 0 Å². The summed E-state index contributed by atoms with van der Waals surface area (Å²) in [6.45, 7) is 14.8. The lowest BCUT2D eigenvalue weighted by Gasteiger charge is -2.26. The first-order valence-electron chi connectivity index (χ1n) is 11.6. The fourth-order valence-electron chi connectivity index (χ4n) is 4.69. The molecule has 0 nitrogen and oxygen atoms in total. The normalized spacial score (nSPS) is 12.6. The molecule has 33 heavy (non-hydrogen) atoms. The van der Waals surface area contributed by atoms with E-state index in [4.69, 9.17) is 0 Å². The number of allylic oxidation sites excluding steroid dienone is 9. The van der Waals surface area contributed by atoms with Gasteiger partial charge in [-0.05, 0) is 90.3 Å². The molecule has 0 aliphatic rings. The molecule has 0 unspecified atom stereocenters. The zero-order chi connectivity index (χ0) is 23.8. The van der Waals surface area contributed by atoms with Crippen LogP contribution in [0, 0.1) is 13.8 Å². The predicted octanol–water partition coefficient (Wildman–Crippen LogP) is 9.76. The van der Waals surface area contributed by atoms with Crippen LogP contribution in [0.15, 0.2) is 110 Å². The number of hydrogen-bond acceptors (Lipinski definition) is 0. The van der Waals surface area contributed by atoms with E-state index in [1.807, 2.05) is 6.08 Å². The maximum absolute atomic E-state index is 4.00. The Hall–Kier alpha value is -3.64. The van der Waals surface area contributed by atoms with Gasteiger partial charge in [-0.1, -0.05) is 110 Å². The van der Waals surface area contributed by atoms with E-state index in [0.717, 1.165) is 0 Å². The highest BCUT2D eigenvalue weighted by Gasteiger charge is 2.23. The number of benzene rings is 3. The second kappa shape index (κ2) is 11.3. The molecule has 0 saturated carbocycles. The number of hydrogen-bond donors (Lipinski definition) is 0. The van der Waals surface area contributed by atoms with Gasteiger partial charge in [-0.3, -0.25) is 0 Å². The first-order chi connectivity index (χ1) is 16.1. The highest BCUT2D eigenvalue weighted by Crippen LogP contribution is 2.45. The van der Waals surface area contributed by atoms with Gasteiger partial charge in [-0.2, -0.15) is 0 Å². The molecule has 3 aromatic rings. The predicted molar refractivity (Wildman–Crippen MR) is 148 cm³/mol. The lowest BCUT2D eigenvalue weighted by molar-refractivity contribution is 1.32. The molecular formula is C33H34. The van der Waals surface area contributed by atoms with Crippen LogP contribution in [-0.2, 0) is 0 Å². The van der Waals surface area contributed by atoms with Crippen LogP contribution in [-0.4, -0.2) is 0 Å². The topological polar surface area (TPSA) is 0 Å². The molecule has 0 atom stereocenters. The van der Waals surface area contributed by atoms with Crippen LogP contribution in [0.5, 0.6) is 0 Å². The molecule has 0 heterocycles. The maximum atomic E-state index is 4.00. The van der Waals surface area contributed by atoms with Crippen molar-refractivity contribution in [2.45, 2.75) is 34.6 Å². The van der Waals surface area contributed by atoms with Gasteiger partial charge >= 0.3 is 0 Å². The van der Waals surface area contributed by atoms with Gasteiger partial charge < -0.3 is 0 Å². The Bertz CT molecular complexity index is 1230. The molecule has 3 rings (SSSR count). The summed E-state index contributed by atoms with van der Waals surface area (Å²) in [5.41, 5.74) is 12.5. The molecule has 0 aromatic heterocycles. The maximum Gasteiger partial charge on any atom is -0.00668 e. The molecule has 0 aliphatic heterocycles. The summed E-state index contributed by atoms with van der Waals surface area (Å²) >= 11 is 0. The first-order valence-corrected chi connectivity index (χ1v) is 11.6. The van der Waals surface area contributed by atoms with Gasteiger partial charge in [-0.15, -0.1) is 0 Å². The van der Waals surface area contributed by atoms with Gasteiger partial charge in [-0.25, -0.2) is 0 Å². The Kier molecular flexibility index (Phi) is 8.22. The zero-order valence-corrected chi connectivity index (χ0v) is 20.5. The van der Waals surface area contributed by atoms with Crippen molar-refractivity contribution in [1.82, 2.24) is 0 Å². The van der Waals surface area contributed by atoms with Crippen LogP contribution >= 0.6 is 0 Å². The van der Waals surface area contributed by atoms with E-state index in [1.54, 1.807) is 0 Å². The quantitative estimate of drug-likeness (QED) is 0.327. The van der Waals surface area contributed by atoms with E-state index in [-0.39, 0.29) is 0 Å². The lowest BCUT2D eigenvalue weighted by Crippen LogP contribution is -2.05. The molecule has 3 aromatic carbocycles. The molecule has 0 saturated heterocycles. The molecule has 0 radical (unpaired) electrons. The molecule has 0 spiro atoms. The van der Waals surface area contributed by atoms with Crippen molar-refractivity contribution in [2.24, 2.45) is 0 Å². The van der Waals surface area contributed by atoms with Crippen molar-refractivity contribution < 1.29 is 0 Å². The van der Waals surface area contributed by atoms with Crippen molar-refractivity contribution in [3.8, 4) is 22.3 Å². The lowest BCUT2D eigenvalue weighted by atomic mass is 9.77. The van der Waals surface area contributed by atoms with Crippen molar-refractivity contribution in [3.05, 3.63) is 132 Å².